The van der Waals surface area contributed by atoms with Gasteiger partial charge in [0.2, 0.25) is 11.8 Å². The number of carbonyl (C=O) groups excluding carboxylic acids is 2. The molecule has 0 radical (unpaired) electrons. The van der Waals surface area contributed by atoms with Gasteiger partial charge in [0, 0.05) is 42.9 Å². The maximum atomic E-state index is 12.3. The summed E-state index contributed by atoms with van der Waals surface area (Å²) in [6, 6.07) is 20.5. The van der Waals surface area contributed by atoms with Crippen LogP contribution in [0.1, 0.15) is 11.3 Å². The van der Waals surface area contributed by atoms with Gasteiger partial charge in [0.1, 0.15) is 5.75 Å². The summed E-state index contributed by atoms with van der Waals surface area (Å²) in [5.74, 6) is 0.533. The number of hydrogen-bond acceptors (Lipinski definition) is 7. The Morgan fingerprint density at radius 2 is 1.84 bits per heavy atom. The molecule has 0 bridgehead atoms. The maximum absolute atomic E-state index is 12.3. The maximum Gasteiger partial charge on any atom is 0.242 e. The fourth-order valence-electron chi connectivity index (χ4n) is 4.63. The Labute approximate surface area is 216 Å². The van der Waals surface area contributed by atoms with Crippen molar-refractivity contribution in [2.75, 3.05) is 56.3 Å². The second-order valence-electron chi connectivity index (χ2n) is 9.09. The summed E-state index contributed by atoms with van der Waals surface area (Å²) in [4.78, 5) is 34.8. The van der Waals surface area contributed by atoms with Gasteiger partial charge in [-0.3, -0.25) is 14.6 Å². The number of nitrogens with one attached hydrogen (secondary N) is 1. The van der Waals surface area contributed by atoms with Crippen molar-refractivity contribution in [1.29, 1.82) is 0 Å². The number of anilines is 3. The van der Waals surface area contributed by atoms with Gasteiger partial charge in [-0.15, -0.1) is 0 Å². The highest BCUT2D eigenvalue weighted by atomic mass is 16.5. The minimum atomic E-state index is -0.157. The van der Waals surface area contributed by atoms with E-state index in [2.05, 4.69) is 50.4 Å². The molecule has 0 saturated carbocycles. The first-order valence-corrected chi connectivity index (χ1v) is 12.4. The van der Waals surface area contributed by atoms with Crippen molar-refractivity contribution in [3.8, 4) is 5.75 Å². The zero-order valence-electron chi connectivity index (χ0n) is 20.9. The van der Waals surface area contributed by atoms with Crippen LogP contribution in [0, 0.1) is 0 Å². The van der Waals surface area contributed by atoms with Gasteiger partial charge in [0.15, 0.2) is 0 Å². The van der Waals surface area contributed by atoms with Gasteiger partial charge in [0.25, 0.3) is 0 Å². The molecule has 2 amide bonds. The fraction of sp³-hybridized carbons (Fsp3) is 0.321. The normalized spacial score (nSPS) is 15.9. The van der Waals surface area contributed by atoms with Gasteiger partial charge in [-0.1, -0.05) is 18.2 Å². The molecule has 2 aliphatic rings. The van der Waals surface area contributed by atoms with E-state index in [4.69, 9.17) is 9.47 Å². The SMILES string of the molecule is COc1cccc(CN(c2cccc(N3CCOCC3)c2)c2ccnc(CN3CC(=O)NCC3=O)c2)c1. The Kier molecular flexibility index (Phi) is 7.51. The number of rotatable bonds is 8. The lowest BCUT2D eigenvalue weighted by Crippen LogP contribution is -2.51. The van der Waals surface area contributed by atoms with Gasteiger partial charge in [-0.25, -0.2) is 0 Å². The number of hydrogen-bond donors (Lipinski definition) is 1. The molecule has 2 aliphatic heterocycles. The third kappa shape index (κ3) is 6.00. The van der Waals surface area contributed by atoms with Crippen molar-refractivity contribution in [1.82, 2.24) is 15.2 Å². The predicted octanol–water partition coefficient (Wildman–Crippen LogP) is 2.72. The Bertz CT molecular complexity index is 1260. The molecular weight excluding hydrogens is 470 g/mol. The highest BCUT2D eigenvalue weighted by molar-refractivity contribution is 5.92. The molecular formula is C28H31N5O4. The van der Waals surface area contributed by atoms with Crippen LogP contribution in [0.2, 0.25) is 0 Å². The molecule has 0 spiro atoms. The first-order chi connectivity index (χ1) is 18.1. The van der Waals surface area contributed by atoms with Crippen LogP contribution in [0.25, 0.3) is 0 Å². The number of pyridine rings is 1. The van der Waals surface area contributed by atoms with Crippen LogP contribution in [-0.2, 0) is 27.4 Å². The van der Waals surface area contributed by atoms with Gasteiger partial charge in [-0.05, 0) is 48.0 Å². The first-order valence-electron chi connectivity index (χ1n) is 12.4. The number of piperazine rings is 1. The Morgan fingerprint density at radius 1 is 1.03 bits per heavy atom. The second-order valence-corrected chi connectivity index (χ2v) is 9.09. The van der Waals surface area contributed by atoms with Gasteiger partial charge in [0.05, 0.1) is 45.7 Å². The van der Waals surface area contributed by atoms with E-state index in [1.807, 2.05) is 30.3 Å². The topological polar surface area (TPSA) is 87.2 Å². The smallest absolute Gasteiger partial charge is 0.242 e. The zero-order valence-corrected chi connectivity index (χ0v) is 20.9. The first kappa shape index (κ1) is 24.6. The summed E-state index contributed by atoms with van der Waals surface area (Å²) in [7, 11) is 1.67. The summed E-state index contributed by atoms with van der Waals surface area (Å²) < 4.78 is 11.0. The number of methoxy groups -OCH3 is 1. The van der Waals surface area contributed by atoms with E-state index in [9.17, 15) is 9.59 Å². The molecule has 1 aromatic heterocycles. The lowest BCUT2D eigenvalue weighted by molar-refractivity contribution is -0.141. The van der Waals surface area contributed by atoms with E-state index in [1.54, 1.807) is 13.3 Å². The third-order valence-corrected chi connectivity index (χ3v) is 6.58. The second kappa shape index (κ2) is 11.3. The molecule has 0 aliphatic carbocycles. The van der Waals surface area contributed by atoms with Crippen LogP contribution in [0.4, 0.5) is 17.1 Å². The lowest BCUT2D eigenvalue weighted by Gasteiger charge is -2.31. The quantitative estimate of drug-likeness (QED) is 0.508. The van der Waals surface area contributed by atoms with Crippen molar-refractivity contribution >= 4 is 28.9 Å². The number of benzene rings is 2. The van der Waals surface area contributed by atoms with Crippen molar-refractivity contribution in [2.45, 2.75) is 13.1 Å². The molecule has 0 unspecified atom stereocenters. The summed E-state index contributed by atoms with van der Waals surface area (Å²) in [6.07, 6.45) is 1.75. The molecule has 3 aromatic rings. The fourth-order valence-corrected chi connectivity index (χ4v) is 4.63. The van der Waals surface area contributed by atoms with Gasteiger partial charge in [-0.2, -0.15) is 0 Å². The summed E-state index contributed by atoms with van der Waals surface area (Å²) >= 11 is 0. The zero-order chi connectivity index (χ0) is 25.6. The minimum Gasteiger partial charge on any atom is -0.497 e. The van der Waals surface area contributed by atoms with Crippen molar-refractivity contribution in [3.05, 3.63) is 78.1 Å². The predicted molar refractivity (Wildman–Crippen MR) is 141 cm³/mol. The average Bonchev–Trinajstić information content (AvgIpc) is 2.94. The van der Waals surface area contributed by atoms with Crippen LogP contribution in [-0.4, -0.2) is 68.2 Å². The van der Waals surface area contributed by atoms with Crippen LogP contribution in [0.3, 0.4) is 0 Å². The van der Waals surface area contributed by atoms with E-state index in [0.717, 1.165) is 60.4 Å². The Morgan fingerprint density at radius 3 is 2.68 bits per heavy atom. The van der Waals surface area contributed by atoms with Gasteiger partial charge >= 0.3 is 0 Å². The molecule has 1 N–H and O–H groups in total. The molecule has 3 heterocycles. The van der Waals surface area contributed by atoms with E-state index in [-0.39, 0.29) is 31.4 Å². The molecule has 37 heavy (non-hydrogen) atoms. The van der Waals surface area contributed by atoms with E-state index >= 15 is 0 Å². The number of carbonyl (C=O) groups is 2. The van der Waals surface area contributed by atoms with Crippen molar-refractivity contribution < 1.29 is 19.1 Å². The number of amides is 2. The highest BCUT2D eigenvalue weighted by Crippen LogP contribution is 2.32. The largest absolute Gasteiger partial charge is 0.497 e. The standard InChI is InChI=1S/C28H31N5O4/c1-36-26-7-2-4-21(14-26)18-33(24-6-3-5-23(16-24)31-10-12-37-13-11-31)25-8-9-29-22(15-25)19-32-20-27(34)30-17-28(32)35/h2-9,14-16H,10-13,17-20H2,1H3,(H,30,34). The van der Waals surface area contributed by atoms with E-state index in [1.165, 1.54) is 4.90 Å². The van der Waals surface area contributed by atoms with Crippen LogP contribution in [0.15, 0.2) is 66.9 Å². The molecule has 2 aromatic carbocycles. The monoisotopic (exact) mass is 501 g/mol. The Hall–Kier alpha value is -4.11. The molecule has 9 heteroatoms. The average molecular weight is 502 g/mol. The minimum absolute atomic E-state index is 0.0226. The number of morpholine rings is 1. The summed E-state index contributed by atoms with van der Waals surface area (Å²) in [5, 5.41) is 2.59. The van der Waals surface area contributed by atoms with Gasteiger partial charge < -0.3 is 29.5 Å². The molecule has 0 atom stereocenters. The molecule has 5 rings (SSSR count). The summed E-state index contributed by atoms with van der Waals surface area (Å²) in [5.41, 5.74) is 4.95. The highest BCUT2D eigenvalue weighted by Gasteiger charge is 2.24. The van der Waals surface area contributed by atoms with Crippen molar-refractivity contribution in [2.24, 2.45) is 0 Å². The number of ether oxygens (including phenoxy) is 2. The van der Waals surface area contributed by atoms with Crippen LogP contribution >= 0.6 is 0 Å². The Balaban J connectivity index is 1.47. The van der Waals surface area contributed by atoms with Crippen LogP contribution in [0.5, 0.6) is 5.75 Å². The molecule has 2 fully saturated rings. The third-order valence-electron chi connectivity index (χ3n) is 6.58. The molecule has 192 valence electrons. The molecule has 2 saturated heterocycles. The number of aromatic nitrogens is 1. The number of nitrogens with zero attached hydrogens (tertiary/aromatic N) is 4. The summed E-state index contributed by atoms with van der Waals surface area (Å²) in [6.45, 7) is 4.11. The molecule has 9 nitrogen and oxygen atoms in total. The van der Waals surface area contributed by atoms with E-state index < -0.39 is 0 Å². The van der Waals surface area contributed by atoms with Crippen molar-refractivity contribution in [3.63, 3.8) is 0 Å². The lowest BCUT2D eigenvalue weighted by atomic mass is 10.1. The van der Waals surface area contributed by atoms with E-state index in [0.29, 0.717) is 6.54 Å². The van der Waals surface area contributed by atoms with Crippen LogP contribution < -0.4 is 19.9 Å².